The lowest BCUT2D eigenvalue weighted by Gasteiger charge is -2.17. The van der Waals surface area contributed by atoms with E-state index < -0.39 is 0 Å². The van der Waals surface area contributed by atoms with Crippen LogP contribution in [0.4, 0.5) is 4.79 Å². The lowest BCUT2D eigenvalue weighted by molar-refractivity contribution is 0.233. The van der Waals surface area contributed by atoms with E-state index >= 15 is 0 Å². The van der Waals surface area contributed by atoms with Crippen LogP contribution in [0.5, 0.6) is 0 Å². The van der Waals surface area contributed by atoms with Gasteiger partial charge in [0.2, 0.25) is 0 Å². The van der Waals surface area contributed by atoms with Gasteiger partial charge in [-0.3, -0.25) is 0 Å². The van der Waals surface area contributed by atoms with E-state index in [2.05, 4.69) is 17.6 Å². The van der Waals surface area contributed by atoms with Gasteiger partial charge in [0.15, 0.2) is 0 Å². The zero-order valence-electron chi connectivity index (χ0n) is 11.5. The third kappa shape index (κ3) is 3.06. The van der Waals surface area contributed by atoms with E-state index in [1.807, 2.05) is 26.8 Å². The molecular weight excluding hydrogens is 228 g/mol. The van der Waals surface area contributed by atoms with Crippen molar-refractivity contribution in [1.82, 2.24) is 10.6 Å². The van der Waals surface area contributed by atoms with Crippen molar-refractivity contribution in [2.75, 3.05) is 0 Å². The molecule has 100 valence electrons. The van der Waals surface area contributed by atoms with Gasteiger partial charge in [-0.25, -0.2) is 4.79 Å². The molecule has 2 unspecified atom stereocenters. The average Bonchev–Trinajstić information content (AvgIpc) is 3.04. The smallest absolute Gasteiger partial charge is 0.315 e. The van der Waals surface area contributed by atoms with E-state index in [0.717, 1.165) is 17.1 Å². The van der Waals surface area contributed by atoms with Crippen LogP contribution in [0.25, 0.3) is 0 Å². The first-order chi connectivity index (χ1) is 8.47. The number of hydrogen-bond donors (Lipinski definition) is 2. The van der Waals surface area contributed by atoms with Crippen LogP contribution in [0, 0.1) is 19.8 Å². The zero-order chi connectivity index (χ0) is 13.3. The fourth-order valence-electron chi connectivity index (χ4n) is 2.32. The Morgan fingerprint density at radius 3 is 2.50 bits per heavy atom. The summed E-state index contributed by atoms with van der Waals surface area (Å²) in [6.45, 7) is 7.87. The summed E-state index contributed by atoms with van der Waals surface area (Å²) in [4.78, 5) is 11.8. The van der Waals surface area contributed by atoms with E-state index in [9.17, 15) is 4.79 Å². The number of rotatable bonds is 4. The van der Waals surface area contributed by atoms with Crippen molar-refractivity contribution in [2.45, 2.75) is 52.6 Å². The highest BCUT2D eigenvalue weighted by atomic mass is 16.3. The Balaban J connectivity index is 1.88. The van der Waals surface area contributed by atoms with Gasteiger partial charge < -0.3 is 15.1 Å². The molecule has 1 aromatic rings. The number of amides is 2. The van der Waals surface area contributed by atoms with Gasteiger partial charge in [-0.05, 0) is 52.5 Å². The maximum atomic E-state index is 11.8. The Morgan fingerprint density at radius 2 is 2.00 bits per heavy atom. The Bertz CT molecular complexity index is 435. The van der Waals surface area contributed by atoms with Gasteiger partial charge in [0, 0.05) is 11.6 Å². The molecule has 0 saturated heterocycles. The highest BCUT2D eigenvalue weighted by molar-refractivity contribution is 5.74. The second-order valence-corrected chi connectivity index (χ2v) is 5.33. The van der Waals surface area contributed by atoms with Crippen LogP contribution < -0.4 is 10.6 Å². The molecule has 4 nitrogen and oxygen atoms in total. The average molecular weight is 250 g/mol. The van der Waals surface area contributed by atoms with E-state index in [0.29, 0.717) is 5.92 Å². The SMILES string of the molecule is Cc1cc(C(C)NC(=O)NC(C)C2CC2)c(C)o1. The van der Waals surface area contributed by atoms with Crippen molar-refractivity contribution in [1.29, 1.82) is 0 Å². The number of carbonyl (C=O) groups is 1. The van der Waals surface area contributed by atoms with Crippen molar-refractivity contribution >= 4 is 6.03 Å². The Morgan fingerprint density at radius 1 is 1.33 bits per heavy atom. The maximum absolute atomic E-state index is 11.8. The van der Waals surface area contributed by atoms with Crippen LogP contribution in [-0.2, 0) is 0 Å². The largest absolute Gasteiger partial charge is 0.466 e. The van der Waals surface area contributed by atoms with Gasteiger partial charge in [0.25, 0.3) is 0 Å². The number of nitrogens with one attached hydrogen (secondary N) is 2. The fraction of sp³-hybridized carbons (Fsp3) is 0.643. The van der Waals surface area contributed by atoms with E-state index in [1.54, 1.807) is 0 Å². The van der Waals surface area contributed by atoms with E-state index in [1.165, 1.54) is 12.8 Å². The molecule has 1 aliphatic carbocycles. The van der Waals surface area contributed by atoms with Crippen molar-refractivity contribution in [3.8, 4) is 0 Å². The summed E-state index contributed by atoms with van der Waals surface area (Å²) in [6.07, 6.45) is 2.47. The molecule has 1 fully saturated rings. The van der Waals surface area contributed by atoms with Crippen LogP contribution in [0.1, 0.15) is 49.8 Å². The predicted molar refractivity (Wildman–Crippen MR) is 70.5 cm³/mol. The second kappa shape index (κ2) is 5.04. The first-order valence-corrected chi connectivity index (χ1v) is 6.61. The van der Waals surface area contributed by atoms with E-state index in [-0.39, 0.29) is 18.1 Å². The number of carbonyl (C=O) groups excluding carboxylic acids is 1. The predicted octanol–water partition coefficient (Wildman–Crippen LogP) is 3.06. The minimum absolute atomic E-state index is 0.0335. The fourth-order valence-corrected chi connectivity index (χ4v) is 2.32. The molecular formula is C14H22N2O2. The Labute approximate surface area is 108 Å². The van der Waals surface area contributed by atoms with Gasteiger partial charge in [-0.2, -0.15) is 0 Å². The van der Waals surface area contributed by atoms with Crippen LogP contribution >= 0.6 is 0 Å². The number of hydrogen-bond acceptors (Lipinski definition) is 2. The molecule has 1 saturated carbocycles. The second-order valence-electron chi connectivity index (χ2n) is 5.33. The molecule has 2 N–H and O–H groups in total. The monoisotopic (exact) mass is 250 g/mol. The zero-order valence-corrected chi connectivity index (χ0v) is 11.5. The number of aryl methyl sites for hydroxylation is 2. The summed E-state index contributed by atoms with van der Waals surface area (Å²) < 4.78 is 5.47. The van der Waals surface area contributed by atoms with Crippen LogP contribution in [0.2, 0.25) is 0 Å². The molecule has 0 aromatic carbocycles. The summed E-state index contributed by atoms with van der Waals surface area (Å²) in [5.74, 6) is 2.42. The van der Waals surface area contributed by atoms with Gasteiger partial charge in [0.1, 0.15) is 11.5 Å². The van der Waals surface area contributed by atoms with Crippen molar-refractivity contribution < 1.29 is 9.21 Å². The standard InChI is InChI=1S/C14H22N2O2/c1-8-7-13(11(4)18-8)10(3)16-14(17)15-9(2)12-5-6-12/h7,9-10,12H,5-6H2,1-4H3,(H2,15,16,17). The Hall–Kier alpha value is -1.45. The first-order valence-electron chi connectivity index (χ1n) is 6.61. The molecule has 1 aromatic heterocycles. The third-order valence-electron chi connectivity index (χ3n) is 3.58. The molecule has 2 amide bonds. The van der Waals surface area contributed by atoms with Crippen molar-refractivity contribution in [2.24, 2.45) is 5.92 Å². The minimum atomic E-state index is -0.0971. The van der Waals surface area contributed by atoms with Crippen LogP contribution in [0.3, 0.4) is 0 Å². The molecule has 0 spiro atoms. The minimum Gasteiger partial charge on any atom is -0.466 e. The third-order valence-corrected chi connectivity index (χ3v) is 3.58. The molecule has 1 aliphatic rings. The molecule has 0 bridgehead atoms. The topological polar surface area (TPSA) is 54.3 Å². The molecule has 4 heteroatoms. The lowest BCUT2D eigenvalue weighted by atomic mass is 10.1. The van der Waals surface area contributed by atoms with Crippen LogP contribution in [-0.4, -0.2) is 12.1 Å². The quantitative estimate of drug-likeness (QED) is 0.863. The number of urea groups is 1. The van der Waals surface area contributed by atoms with Gasteiger partial charge in [0.05, 0.1) is 6.04 Å². The molecule has 2 rings (SSSR count). The molecule has 2 atom stereocenters. The molecule has 1 heterocycles. The Kier molecular flexibility index (Phi) is 3.64. The van der Waals surface area contributed by atoms with E-state index in [4.69, 9.17) is 4.42 Å². The summed E-state index contributed by atoms with van der Waals surface area (Å²) in [5.41, 5.74) is 1.04. The lowest BCUT2D eigenvalue weighted by Crippen LogP contribution is -2.42. The summed E-state index contributed by atoms with van der Waals surface area (Å²) in [5, 5.41) is 5.94. The van der Waals surface area contributed by atoms with Crippen LogP contribution in [0.15, 0.2) is 10.5 Å². The maximum Gasteiger partial charge on any atom is 0.315 e. The summed E-state index contributed by atoms with van der Waals surface area (Å²) in [7, 11) is 0. The van der Waals surface area contributed by atoms with Gasteiger partial charge >= 0.3 is 6.03 Å². The first kappa shape index (κ1) is 13.0. The highest BCUT2D eigenvalue weighted by Gasteiger charge is 2.29. The summed E-state index contributed by atoms with van der Waals surface area (Å²) >= 11 is 0. The molecule has 18 heavy (non-hydrogen) atoms. The number of furan rings is 1. The molecule has 0 aliphatic heterocycles. The van der Waals surface area contributed by atoms with Crippen molar-refractivity contribution in [3.63, 3.8) is 0 Å². The van der Waals surface area contributed by atoms with Gasteiger partial charge in [-0.15, -0.1) is 0 Å². The van der Waals surface area contributed by atoms with Crippen molar-refractivity contribution in [3.05, 3.63) is 23.2 Å². The normalized spacial score (nSPS) is 18.2. The highest BCUT2D eigenvalue weighted by Crippen LogP contribution is 2.32. The molecule has 0 radical (unpaired) electrons. The summed E-state index contributed by atoms with van der Waals surface area (Å²) in [6, 6.07) is 2.11. The van der Waals surface area contributed by atoms with Gasteiger partial charge in [-0.1, -0.05) is 0 Å².